The zero-order chi connectivity index (χ0) is 9.90. The van der Waals surface area contributed by atoms with Crippen LogP contribution in [0.15, 0.2) is 28.8 Å². The molecule has 1 rings (SSSR count). The molecule has 0 saturated heterocycles. The molecule has 0 aliphatic heterocycles. The van der Waals surface area contributed by atoms with Gasteiger partial charge in [0.1, 0.15) is 5.71 Å². The van der Waals surface area contributed by atoms with E-state index in [9.17, 15) is 13.2 Å². The first-order chi connectivity index (χ1) is 6.05. The number of hydrogen-bond donors (Lipinski definition) is 0. The number of allylic oxidation sites excluding steroid dienone is 4. The fraction of sp³-hybridized carbons (Fsp3) is 0.444. The van der Waals surface area contributed by atoms with E-state index >= 15 is 0 Å². The van der Waals surface area contributed by atoms with Gasteiger partial charge in [-0.2, -0.15) is 13.2 Å². The molecule has 0 aromatic heterocycles. The monoisotopic (exact) mass is 189 g/mol. The summed E-state index contributed by atoms with van der Waals surface area (Å²) in [4.78, 5) is 3.26. The van der Waals surface area contributed by atoms with E-state index in [1.54, 1.807) is 12.2 Å². The van der Waals surface area contributed by atoms with Crippen molar-refractivity contribution in [2.75, 3.05) is 7.05 Å². The average Bonchev–Trinajstić information content (AvgIpc) is 2.05. The quantitative estimate of drug-likeness (QED) is 0.562. The first-order valence-corrected chi connectivity index (χ1v) is 3.96. The summed E-state index contributed by atoms with van der Waals surface area (Å²) in [6.07, 6.45) is 1.88. The maximum atomic E-state index is 12.3. The molecule has 72 valence electrons. The van der Waals surface area contributed by atoms with Crippen LogP contribution in [-0.4, -0.2) is 18.9 Å². The maximum Gasteiger partial charge on any atom is 0.433 e. The number of hydrogen-bond acceptors (Lipinski definition) is 1. The molecular weight excluding hydrogens is 179 g/mol. The molecule has 4 heteroatoms. The van der Waals surface area contributed by atoms with Crippen LogP contribution in [-0.2, 0) is 0 Å². The van der Waals surface area contributed by atoms with Crippen molar-refractivity contribution in [3.05, 3.63) is 23.8 Å². The Balaban J connectivity index is 2.92. The third-order valence-electron chi connectivity index (χ3n) is 1.76. The highest BCUT2D eigenvalue weighted by Crippen LogP contribution is 2.24. The zero-order valence-electron chi connectivity index (χ0n) is 7.23. The maximum absolute atomic E-state index is 12.3. The van der Waals surface area contributed by atoms with Gasteiger partial charge in [-0.05, 0) is 12.8 Å². The minimum Gasteiger partial charge on any atom is -0.283 e. The van der Waals surface area contributed by atoms with Gasteiger partial charge in [-0.3, -0.25) is 4.99 Å². The van der Waals surface area contributed by atoms with E-state index in [1.807, 2.05) is 0 Å². The van der Waals surface area contributed by atoms with Gasteiger partial charge in [0.2, 0.25) is 0 Å². The van der Waals surface area contributed by atoms with Crippen molar-refractivity contribution in [3.8, 4) is 0 Å². The molecule has 1 aliphatic carbocycles. The highest BCUT2D eigenvalue weighted by molar-refractivity contribution is 6.06. The molecule has 0 saturated carbocycles. The Morgan fingerprint density at radius 3 is 2.46 bits per heavy atom. The van der Waals surface area contributed by atoms with E-state index in [-0.39, 0.29) is 5.57 Å². The van der Waals surface area contributed by atoms with Gasteiger partial charge in [0.25, 0.3) is 0 Å². The Hall–Kier alpha value is -1.06. The SMILES string of the molecule is CN=C(C1=CCCC=C1)C(F)(F)F. The van der Waals surface area contributed by atoms with Crippen molar-refractivity contribution in [3.63, 3.8) is 0 Å². The van der Waals surface area contributed by atoms with Crippen molar-refractivity contribution in [2.24, 2.45) is 4.99 Å². The first-order valence-electron chi connectivity index (χ1n) is 3.96. The highest BCUT2D eigenvalue weighted by atomic mass is 19.4. The summed E-state index contributed by atoms with van der Waals surface area (Å²) in [5.41, 5.74) is -0.607. The molecule has 0 amide bonds. The van der Waals surface area contributed by atoms with Gasteiger partial charge < -0.3 is 0 Å². The standard InChI is InChI=1S/C9H10F3N/c1-13-8(9(10,11)12)7-5-3-2-4-6-7/h3,5-6H,2,4H2,1H3. The Bertz CT molecular complexity index is 271. The van der Waals surface area contributed by atoms with Crippen molar-refractivity contribution >= 4 is 5.71 Å². The molecule has 0 unspecified atom stereocenters. The van der Waals surface area contributed by atoms with E-state index < -0.39 is 11.9 Å². The van der Waals surface area contributed by atoms with Crippen LogP contribution in [0.1, 0.15) is 12.8 Å². The molecule has 0 bridgehead atoms. The van der Waals surface area contributed by atoms with Crippen LogP contribution in [0.2, 0.25) is 0 Å². The second kappa shape index (κ2) is 3.77. The smallest absolute Gasteiger partial charge is 0.283 e. The summed E-state index contributed by atoms with van der Waals surface area (Å²) in [6.45, 7) is 0. The molecule has 0 aromatic carbocycles. The van der Waals surface area contributed by atoms with Crippen molar-refractivity contribution in [1.29, 1.82) is 0 Å². The molecule has 1 nitrogen and oxygen atoms in total. The van der Waals surface area contributed by atoms with Gasteiger partial charge >= 0.3 is 6.18 Å². The molecule has 0 atom stereocenters. The Morgan fingerprint density at radius 2 is 2.08 bits per heavy atom. The summed E-state index contributed by atoms with van der Waals surface area (Å²) in [6, 6.07) is 0. The van der Waals surface area contributed by atoms with Gasteiger partial charge in [0.05, 0.1) is 0 Å². The minimum absolute atomic E-state index is 0.182. The Kier molecular flexibility index (Phi) is 2.90. The molecule has 0 N–H and O–H groups in total. The normalized spacial score (nSPS) is 18.8. The van der Waals surface area contributed by atoms with E-state index in [0.29, 0.717) is 6.42 Å². The topological polar surface area (TPSA) is 12.4 Å². The Morgan fingerprint density at radius 1 is 1.38 bits per heavy atom. The molecule has 0 fully saturated rings. The zero-order valence-corrected chi connectivity index (χ0v) is 7.23. The van der Waals surface area contributed by atoms with Crippen LogP contribution in [0.25, 0.3) is 0 Å². The third kappa shape index (κ3) is 2.44. The first kappa shape index (κ1) is 10.0. The van der Waals surface area contributed by atoms with Crippen LogP contribution in [0.5, 0.6) is 0 Å². The van der Waals surface area contributed by atoms with Gasteiger partial charge in [0.15, 0.2) is 0 Å². The van der Waals surface area contributed by atoms with Gasteiger partial charge in [-0.15, -0.1) is 0 Å². The lowest BCUT2D eigenvalue weighted by Gasteiger charge is -2.12. The number of alkyl halides is 3. The predicted octanol–water partition coefficient (Wildman–Crippen LogP) is 2.90. The largest absolute Gasteiger partial charge is 0.433 e. The minimum atomic E-state index is -4.34. The second-order valence-corrected chi connectivity index (χ2v) is 2.71. The lowest BCUT2D eigenvalue weighted by atomic mass is 10.0. The molecule has 0 radical (unpaired) electrons. The lowest BCUT2D eigenvalue weighted by molar-refractivity contribution is -0.0581. The summed E-state index contributed by atoms with van der Waals surface area (Å²) < 4.78 is 36.9. The highest BCUT2D eigenvalue weighted by Gasteiger charge is 2.36. The molecule has 0 aromatic rings. The van der Waals surface area contributed by atoms with Gasteiger partial charge in [0, 0.05) is 12.6 Å². The van der Waals surface area contributed by atoms with E-state index in [4.69, 9.17) is 0 Å². The number of rotatable bonds is 1. The molecule has 13 heavy (non-hydrogen) atoms. The summed E-state index contributed by atoms with van der Waals surface area (Å²) in [5.74, 6) is 0. The lowest BCUT2D eigenvalue weighted by Crippen LogP contribution is -2.24. The van der Waals surface area contributed by atoms with Crippen LogP contribution >= 0.6 is 0 Å². The Labute approximate surface area is 74.7 Å². The van der Waals surface area contributed by atoms with Crippen molar-refractivity contribution < 1.29 is 13.2 Å². The molecule has 0 heterocycles. The third-order valence-corrected chi connectivity index (χ3v) is 1.76. The molecule has 1 aliphatic rings. The summed E-state index contributed by atoms with van der Waals surface area (Å²) in [5, 5.41) is 0. The molecular formula is C9H10F3N. The van der Waals surface area contributed by atoms with Gasteiger partial charge in [-0.1, -0.05) is 18.2 Å². The number of halogens is 3. The predicted molar refractivity (Wildman–Crippen MR) is 45.9 cm³/mol. The van der Waals surface area contributed by atoms with E-state index in [2.05, 4.69) is 4.99 Å². The van der Waals surface area contributed by atoms with Crippen LogP contribution in [0, 0.1) is 0 Å². The number of aliphatic imine (C=N–C) groups is 1. The fourth-order valence-corrected chi connectivity index (χ4v) is 1.21. The average molecular weight is 189 g/mol. The van der Waals surface area contributed by atoms with Crippen molar-refractivity contribution in [2.45, 2.75) is 19.0 Å². The van der Waals surface area contributed by atoms with Crippen LogP contribution in [0.3, 0.4) is 0 Å². The molecule has 0 spiro atoms. The van der Waals surface area contributed by atoms with Crippen LogP contribution < -0.4 is 0 Å². The van der Waals surface area contributed by atoms with E-state index in [1.165, 1.54) is 6.08 Å². The van der Waals surface area contributed by atoms with E-state index in [0.717, 1.165) is 13.5 Å². The summed E-state index contributed by atoms with van der Waals surface area (Å²) >= 11 is 0. The summed E-state index contributed by atoms with van der Waals surface area (Å²) in [7, 11) is 1.16. The second-order valence-electron chi connectivity index (χ2n) is 2.71. The van der Waals surface area contributed by atoms with Crippen molar-refractivity contribution in [1.82, 2.24) is 0 Å². The van der Waals surface area contributed by atoms with Gasteiger partial charge in [-0.25, -0.2) is 0 Å². The number of nitrogens with zero attached hydrogens (tertiary/aromatic N) is 1. The fourth-order valence-electron chi connectivity index (χ4n) is 1.21. The van der Waals surface area contributed by atoms with Crippen LogP contribution in [0.4, 0.5) is 13.2 Å².